The van der Waals surface area contributed by atoms with Crippen LogP contribution in [0.4, 0.5) is 5.69 Å². The first-order chi connectivity index (χ1) is 16.2. The highest BCUT2D eigenvalue weighted by atomic mass is 16.5. The van der Waals surface area contributed by atoms with Gasteiger partial charge in [0.15, 0.2) is 0 Å². The number of hydrogen-bond acceptors (Lipinski definition) is 3. The molecule has 2 aliphatic heterocycles. The van der Waals surface area contributed by atoms with Crippen molar-refractivity contribution in [3.63, 3.8) is 0 Å². The summed E-state index contributed by atoms with van der Waals surface area (Å²) in [5.41, 5.74) is 4.80. The van der Waals surface area contributed by atoms with Gasteiger partial charge in [-0.25, -0.2) is 0 Å². The molecule has 6 rings (SSSR count). The van der Waals surface area contributed by atoms with Gasteiger partial charge in [-0.3, -0.25) is 0 Å². The number of benzene rings is 2. The molecule has 0 aromatic heterocycles. The number of ether oxygens (including phenoxy) is 1. The number of fused-ring (bicyclic) bond motifs is 2. The largest absolute Gasteiger partial charge is 0.485 e. The molecule has 2 aliphatic carbocycles. The normalized spacial score (nSPS) is 33.5. The van der Waals surface area contributed by atoms with Crippen LogP contribution >= 0.6 is 0 Å². The summed E-state index contributed by atoms with van der Waals surface area (Å²) in [6.07, 6.45) is 10.8. The number of rotatable bonds is 5. The molecule has 0 radical (unpaired) electrons. The second-order valence-electron chi connectivity index (χ2n) is 11.6. The second kappa shape index (κ2) is 8.98. The van der Waals surface area contributed by atoms with Gasteiger partial charge < -0.3 is 15.0 Å². The van der Waals surface area contributed by atoms with Crippen molar-refractivity contribution in [1.82, 2.24) is 5.32 Å². The molecule has 0 amide bonds. The Hall–Kier alpha value is -2.00. The van der Waals surface area contributed by atoms with Crippen LogP contribution in [0.15, 0.2) is 48.5 Å². The number of nitrogens with one attached hydrogen (secondary N) is 1. The minimum Gasteiger partial charge on any atom is -0.485 e. The van der Waals surface area contributed by atoms with E-state index in [9.17, 15) is 0 Å². The van der Waals surface area contributed by atoms with Crippen molar-refractivity contribution in [1.29, 1.82) is 0 Å². The fourth-order valence-electron chi connectivity index (χ4n) is 7.34. The molecule has 0 unspecified atom stereocenters. The first kappa shape index (κ1) is 21.5. The highest BCUT2D eigenvalue weighted by Gasteiger charge is 2.44. The van der Waals surface area contributed by atoms with Crippen LogP contribution < -0.4 is 15.0 Å². The van der Waals surface area contributed by atoms with E-state index in [1.54, 1.807) is 0 Å². The lowest BCUT2D eigenvalue weighted by molar-refractivity contribution is 0.0850. The molecular formula is C30H40N2O. The Labute approximate surface area is 199 Å². The standard InChI is InChI=1S/C30H40N2O/c1-30-13-12-22(17-25(30)20-31-21-30)16-24-18-23-8-3-4-11-28(23)29(24)33-27-10-7-9-26(19-27)32-14-5-2-6-15-32/h3-4,7-11,19,22,24-25,29,31H,2,5-6,12-18,20-21H2,1H3/t22-,24-,25+,29+,30-/m1/s1. The van der Waals surface area contributed by atoms with Crippen molar-refractivity contribution in [2.24, 2.45) is 23.2 Å². The van der Waals surface area contributed by atoms with Crippen molar-refractivity contribution in [3.05, 3.63) is 59.7 Å². The zero-order valence-electron chi connectivity index (χ0n) is 20.3. The van der Waals surface area contributed by atoms with E-state index in [2.05, 4.69) is 65.7 Å². The third-order valence-electron chi connectivity index (χ3n) is 9.36. The van der Waals surface area contributed by atoms with Gasteiger partial charge in [-0.2, -0.15) is 0 Å². The molecule has 2 aromatic rings. The average molecular weight is 445 g/mol. The second-order valence-corrected chi connectivity index (χ2v) is 11.6. The van der Waals surface area contributed by atoms with Crippen molar-refractivity contribution in [2.75, 3.05) is 31.1 Å². The topological polar surface area (TPSA) is 24.5 Å². The maximum Gasteiger partial charge on any atom is 0.127 e. The van der Waals surface area contributed by atoms with Gasteiger partial charge in [-0.15, -0.1) is 0 Å². The molecule has 3 fully saturated rings. The first-order valence-corrected chi connectivity index (χ1v) is 13.5. The lowest BCUT2D eigenvalue weighted by Crippen LogP contribution is -2.34. The smallest absolute Gasteiger partial charge is 0.127 e. The van der Waals surface area contributed by atoms with Crippen LogP contribution in [0.2, 0.25) is 0 Å². The minimum absolute atomic E-state index is 0.188. The van der Waals surface area contributed by atoms with Crippen LogP contribution in [0.25, 0.3) is 0 Å². The summed E-state index contributed by atoms with van der Waals surface area (Å²) < 4.78 is 6.85. The van der Waals surface area contributed by atoms with Gasteiger partial charge in [0, 0.05) is 37.3 Å². The average Bonchev–Trinajstić information content (AvgIpc) is 3.40. The number of piperidine rings is 1. The lowest BCUT2D eigenvalue weighted by atomic mass is 9.64. The fraction of sp³-hybridized carbons (Fsp3) is 0.600. The third-order valence-corrected chi connectivity index (χ3v) is 9.36. The Morgan fingerprint density at radius 1 is 1.06 bits per heavy atom. The van der Waals surface area contributed by atoms with Crippen LogP contribution in [0.3, 0.4) is 0 Å². The molecule has 1 saturated carbocycles. The van der Waals surface area contributed by atoms with Crippen molar-refractivity contribution in [2.45, 2.75) is 64.4 Å². The molecule has 2 aromatic carbocycles. The van der Waals surface area contributed by atoms with Crippen LogP contribution in [-0.4, -0.2) is 26.2 Å². The van der Waals surface area contributed by atoms with Gasteiger partial charge in [-0.05, 0) is 98.4 Å². The predicted octanol–water partition coefficient (Wildman–Crippen LogP) is 6.39. The molecule has 3 nitrogen and oxygen atoms in total. The molecule has 5 atom stereocenters. The van der Waals surface area contributed by atoms with Gasteiger partial charge in [0.1, 0.15) is 11.9 Å². The van der Waals surface area contributed by atoms with Crippen molar-refractivity contribution in [3.8, 4) is 5.75 Å². The number of anilines is 1. The summed E-state index contributed by atoms with van der Waals surface area (Å²) in [7, 11) is 0. The lowest BCUT2D eigenvalue weighted by Gasteiger charge is -2.40. The Morgan fingerprint density at radius 2 is 1.94 bits per heavy atom. The molecule has 1 N–H and O–H groups in total. The Morgan fingerprint density at radius 3 is 2.85 bits per heavy atom. The zero-order valence-corrected chi connectivity index (χ0v) is 20.3. The van der Waals surface area contributed by atoms with E-state index in [1.807, 2.05) is 0 Å². The molecule has 3 heteroatoms. The van der Waals surface area contributed by atoms with Gasteiger partial charge in [-0.1, -0.05) is 37.3 Å². The van der Waals surface area contributed by atoms with E-state index in [4.69, 9.17) is 4.74 Å². The van der Waals surface area contributed by atoms with Gasteiger partial charge in [0.25, 0.3) is 0 Å². The number of hydrogen-bond donors (Lipinski definition) is 1. The molecular weight excluding hydrogens is 404 g/mol. The summed E-state index contributed by atoms with van der Waals surface area (Å²) in [4.78, 5) is 2.53. The van der Waals surface area contributed by atoms with Gasteiger partial charge in [0.05, 0.1) is 0 Å². The Bertz CT molecular complexity index is 967. The van der Waals surface area contributed by atoms with Crippen LogP contribution in [0.5, 0.6) is 5.75 Å². The SMILES string of the molecule is C[C@]12CC[C@H](C[C@@H]3Cc4ccccc4[C@H]3Oc3cccc(N4CCCCC4)c3)C[C@H]1CNC2. The van der Waals surface area contributed by atoms with Crippen molar-refractivity contribution < 1.29 is 4.74 Å². The third kappa shape index (κ3) is 4.30. The minimum atomic E-state index is 0.188. The summed E-state index contributed by atoms with van der Waals surface area (Å²) in [5.74, 6) is 3.33. The van der Waals surface area contributed by atoms with Gasteiger partial charge >= 0.3 is 0 Å². The summed E-state index contributed by atoms with van der Waals surface area (Å²) in [6.45, 7) is 7.31. The highest BCUT2D eigenvalue weighted by Crippen LogP contribution is 2.50. The Balaban J connectivity index is 1.20. The zero-order chi connectivity index (χ0) is 22.3. The van der Waals surface area contributed by atoms with Crippen LogP contribution in [-0.2, 0) is 6.42 Å². The van der Waals surface area contributed by atoms with E-state index >= 15 is 0 Å². The van der Waals surface area contributed by atoms with E-state index in [1.165, 1.54) is 94.4 Å². The fourth-order valence-corrected chi connectivity index (χ4v) is 7.34. The molecule has 2 heterocycles. The van der Waals surface area contributed by atoms with E-state index in [0.717, 1.165) is 17.6 Å². The van der Waals surface area contributed by atoms with Gasteiger partial charge in [0.2, 0.25) is 0 Å². The molecule has 4 aliphatic rings. The van der Waals surface area contributed by atoms with Crippen LogP contribution in [0.1, 0.15) is 69.1 Å². The first-order valence-electron chi connectivity index (χ1n) is 13.5. The quantitative estimate of drug-likeness (QED) is 0.579. The van der Waals surface area contributed by atoms with E-state index < -0.39 is 0 Å². The maximum atomic E-state index is 6.85. The van der Waals surface area contributed by atoms with Crippen molar-refractivity contribution >= 4 is 5.69 Å². The molecule has 2 saturated heterocycles. The molecule has 0 spiro atoms. The molecule has 0 bridgehead atoms. The molecule has 176 valence electrons. The van der Waals surface area contributed by atoms with E-state index in [-0.39, 0.29) is 6.10 Å². The predicted molar refractivity (Wildman–Crippen MR) is 136 cm³/mol. The summed E-state index contributed by atoms with van der Waals surface area (Å²) >= 11 is 0. The molecule has 33 heavy (non-hydrogen) atoms. The Kier molecular flexibility index (Phi) is 5.86. The summed E-state index contributed by atoms with van der Waals surface area (Å²) in [5, 5.41) is 3.68. The maximum absolute atomic E-state index is 6.85. The van der Waals surface area contributed by atoms with Crippen LogP contribution in [0, 0.1) is 23.2 Å². The monoisotopic (exact) mass is 444 g/mol. The van der Waals surface area contributed by atoms with E-state index in [0.29, 0.717) is 11.3 Å². The number of nitrogens with zero attached hydrogens (tertiary/aromatic N) is 1. The highest BCUT2D eigenvalue weighted by molar-refractivity contribution is 5.51. The summed E-state index contributed by atoms with van der Waals surface area (Å²) in [6, 6.07) is 17.9.